The molecule has 3 aromatic carbocycles. The molecule has 132 valence electrons. The van der Waals surface area contributed by atoms with Crippen LogP contribution in [0.4, 0.5) is 0 Å². The summed E-state index contributed by atoms with van der Waals surface area (Å²) in [6.45, 7) is 3.98. The van der Waals surface area contributed by atoms with Crippen molar-refractivity contribution < 1.29 is 9.59 Å². The van der Waals surface area contributed by atoms with Crippen LogP contribution in [0.5, 0.6) is 0 Å². The van der Waals surface area contributed by atoms with Crippen molar-refractivity contribution in [1.29, 1.82) is 0 Å². The van der Waals surface area contributed by atoms with Gasteiger partial charge < -0.3 is 0 Å². The van der Waals surface area contributed by atoms with Crippen molar-refractivity contribution in [1.82, 2.24) is 0 Å². The fourth-order valence-corrected chi connectivity index (χ4v) is 4.24. The van der Waals surface area contributed by atoms with Crippen LogP contribution in [-0.2, 0) is 6.42 Å². The second-order valence-corrected chi connectivity index (χ2v) is 6.95. The molecule has 1 atom stereocenters. The smallest absolute Gasteiger partial charge is 0.178 e. The van der Waals surface area contributed by atoms with Crippen molar-refractivity contribution in [3.63, 3.8) is 0 Å². The molecule has 0 heterocycles. The Kier molecular flexibility index (Phi) is 4.33. The first-order chi connectivity index (χ1) is 13.2. The van der Waals surface area contributed by atoms with Crippen LogP contribution in [0.15, 0.2) is 97.6 Å². The molecule has 1 aliphatic rings. The van der Waals surface area contributed by atoms with Gasteiger partial charge in [0.05, 0.1) is 0 Å². The highest BCUT2D eigenvalue weighted by Crippen LogP contribution is 2.51. The minimum atomic E-state index is -1.20. The quantitative estimate of drug-likeness (QED) is 0.356. The monoisotopic (exact) mass is 352 g/mol. The average molecular weight is 352 g/mol. The number of fused-ring (bicyclic) bond motifs is 1. The Morgan fingerprint density at radius 2 is 1.26 bits per heavy atom. The zero-order valence-corrected chi connectivity index (χ0v) is 15.0. The Bertz CT molecular complexity index is 951. The van der Waals surface area contributed by atoms with Crippen LogP contribution in [0.2, 0.25) is 0 Å². The molecule has 0 saturated carbocycles. The molecule has 0 aromatic heterocycles. The Balaban J connectivity index is 1.93. The van der Waals surface area contributed by atoms with Crippen LogP contribution >= 0.6 is 0 Å². The van der Waals surface area contributed by atoms with Crippen LogP contribution in [0.1, 0.15) is 37.8 Å². The standard InChI is InChI=1S/C25H20O2/c1-2-22-21-16-10-9-15-20(21)17-25(22,23(26)18-11-5-3-6-12-18)24(27)19-13-7-4-8-14-19/h2-16,22H,1,17H2. The van der Waals surface area contributed by atoms with Crippen molar-refractivity contribution in [3.8, 4) is 0 Å². The lowest BCUT2D eigenvalue weighted by Gasteiger charge is -2.31. The largest absolute Gasteiger partial charge is 0.293 e. The topological polar surface area (TPSA) is 34.1 Å². The minimum Gasteiger partial charge on any atom is -0.293 e. The van der Waals surface area contributed by atoms with E-state index in [-0.39, 0.29) is 17.5 Å². The summed E-state index contributed by atoms with van der Waals surface area (Å²) in [7, 11) is 0. The van der Waals surface area contributed by atoms with E-state index in [9.17, 15) is 9.59 Å². The number of Topliss-reactive ketones (excluding diaryl/α,β-unsaturated/α-hetero) is 2. The zero-order chi connectivity index (χ0) is 18.9. The molecule has 0 aliphatic heterocycles. The highest BCUT2D eigenvalue weighted by molar-refractivity contribution is 6.21. The van der Waals surface area contributed by atoms with Gasteiger partial charge >= 0.3 is 0 Å². The molecule has 3 aromatic rings. The van der Waals surface area contributed by atoms with Crippen molar-refractivity contribution >= 4 is 11.6 Å². The second kappa shape index (κ2) is 6.81. The molecule has 4 rings (SSSR count). The Morgan fingerprint density at radius 3 is 1.78 bits per heavy atom. The van der Waals surface area contributed by atoms with Gasteiger partial charge in [0, 0.05) is 17.0 Å². The van der Waals surface area contributed by atoms with Crippen LogP contribution < -0.4 is 0 Å². The number of carbonyl (C=O) groups is 2. The van der Waals surface area contributed by atoms with Crippen LogP contribution in [0.3, 0.4) is 0 Å². The van der Waals surface area contributed by atoms with Gasteiger partial charge in [-0.3, -0.25) is 9.59 Å². The SMILES string of the molecule is C=CC1c2ccccc2CC1(C(=O)c1ccccc1)C(=O)c1ccccc1. The molecule has 0 bridgehead atoms. The summed E-state index contributed by atoms with van der Waals surface area (Å²) in [4.78, 5) is 27.5. The van der Waals surface area contributed by atoms with Crippen LogP contribution in [0.25, 0.3) is 0 Å². The Labute approximate surface area is 159 Å². The fraction of sp³-hybridized carbons (Fsp3) is 0.120. The van der Waals surface area contributed by atoms with E-state index in [2.05, 4.69) is 6.58 Å². The Morgan fingerprint density at radius 1 is 0.778 bits per heavy atom. The fourth-order valence-electron chi connectivity index (χ4n) is 4.24. The molecule has 0 fully saturated rings. The highest BCUT2D eigenvalue weighted by Gasteiger charge is 2.55. The third-order valence-electron chi connectivity index (χ3n) is 5.51. The summed E-state index contributed by atoms with van der Waals surface area (Å²) < 4.78 is 0. The third-order valence-corrected chi connectivity index (χ3v) is 5.51. The van der Waals surface area contributed by atoms with Gasteiger partial charge in [-0.1, -0.05) is 91.0 Å². The Hall–Kier alpha value is -3.26. The van der Waals surface area contributed by atoms with Gasteiger partial charge in [0.15, 0.2) is 11.6 Å². The molecule has 2 nitrogen and oxygen atoms in total. The van der Waals surface area contributed by atoms with Gasteiger partial charge in [0.1, 0.15) is 5.41 Å². The van der Waals surface area contributed by atoms with Crippen LogP contribution in [-0.4, -0.2) is 11.6 Å². The third kappa shape index (κ3) is 2.65. The normalized spacial score (nSPS) is 17.1. The van der Waals surface area contributed by atoms with Gasteiger partial charge in [-0.05, 0) is 17.5 Å². The molecule has 0 N–H and O–H groups in total. The molecule has 0 amide bonds. The van der Waals surface area contributed by atoms with E-state index in [1.807, 2.05) is 60.7 Å². The number of hydrogen-bond acceptors (Lipinski definition) is 2. The summed E-state index contributed by atoms with van der Waals surface area (Å²) in [5, 5.41) is 0. The maximum Gasteiger partial charge on any atom is 0.178 e. The molecular weight excluding hydrogens is 332 g/mol. The molecular formula is C25H20O2. The van der Waals surface area contributed by atoms with Gasteiger partial charge in [0.2, 0.25) is 0 Å². The van der Waals surface area contributed by atoms with E-state index in [0.717, 1.165) is 11.1 Å². The van der Waals surface area contributed by atoms with Crippen molar-refractivity contribution in [3.05, 3.63) is 120 Å². The minimum absolute atomic E-state index is 0.141. The predicted octanol–water partition coefficient (Wildman–Crippen LogP) is 5.26. The first-order valence-corrected chi connectivity index (χ1v) is 9.08. The average Bonchev–Trinajstić information content (AvgIpc) is 3.09. The van der Waals surface area contributed by atoms with E-state index in [1.54, 1.807) is 30.3 Å². The number of allylic oxidation sites excluding steroid dienone is 1. The predicted molar refractivity (Wildman–Crippen MR) is 107 cm³/mol. The molecule has 0 saturated heterocycles. The highest BCUT2D eigenvalue weighted by atomic mass is 16.2. The first-order valence-electron chi connectivity index (χ1n) is 9.08. The summed E-state index contributed by atoms with van der Waals surface area (Å²) in [6, 6.07) is 26.1. The summed E-state index contributed by atoms with van der Waals surface area (Å²) in [5.41, 5.74) is 1.97. The van der Waals surface area contributed by atoms with E-state index < -0.39 is 5.41 Å². The molecule has 0 radical (unpaired) electrons. The van der Waals surface area contributed by atoms with Gasteiger partial charge in [-0.25, -0.2) is 0 Å². The van der Waals surface area contributed by atoms with Gasteiger partial charge in [-0.15, -0.1) is 6.58 Å². The first kappa shape index (κ1) is 17.2. The molecule has 1 aliphatic carbocycles. The summed E-state index contributed by atoms with van der Waals surface area (Å²) >= 11 is 0. The van der Waals surface area contributed by atoms with Gasteiger partial charge in [0.25, 0.3) is 0 Å². The number of benzene rings is 3. The molecule has 2 heteroatoms. The summed E-state index contributed by atoms with van der Waals surface area (Å²) in [6.07, 6.45) is 2.15. The zero-order valence-electron chi connectivity index (χ0n) is 15.0. The molecule has 1 unspecified atom stereocenters. The lowest BCUT2D eigenvalue weighted by molar-refractivity contribution is 0.0654. The molecule has 0 spiro atoms. The van der Waals surface area contributed by atoms with E-state index in [0.29, 0.717) is 17.5 Å². The number of ketones is 2. The van der Waals surface area contributed by atoms with Crippen LogP contribution in [0, 0.1) is 5.41 Å². The second-order valence-electron chi connectivity index (χ2n) is 6.95. The van der Waals surface area contributed by atoms with E-state index in [1.165, 1.54) is 0 Å². The number of rotatable bonds is 5. The lowest BCUT2D eigenvalue weighted by atomic mass is 9.66. The lowest BCUT2D eigenvalue weighted by Crippen LogP contribution is -2.43. The van der Waals surface area contributed by atoms with E-state index in [4.69, 9.17) is 0 Å². The maximum atomic E-state index is 13.8. The van der Waals surface area contributed by atoms with Crippen molar-refractivity contribution in [2.45, 2.75) is 12.3 Å². The molecule has 27 heavy (non-hydrogen) atoms. The van der Waals surface area contributed by atoms with Gasteiger partial charge in [-0.2, -0.15) is 0 Å². The number of hydrogen-bond donors (Lipinski definition) is 0. The summed E-state index contributed by atoms with van der Waals surface area (Å²) in [5.74, 6) is -0.634. The van der Waals surface area contributed by atoms with Crippen molar-refractivity contribution in [2.24, 2.45) is 5.41 Å². The number of carbonyl (C=O) groups excluding carboxylic acids is 2. The van der Waals surface area contributed by atoms with E-state index >= 15 is 0 Å². The maximum absolute atomic E-state index is 13.8. The van der Waals surface area contributed by atoms with Crippen molar-refractivity contribution in [2.75, 3.05) is 0 Å².